The summed E-state index contributed by atoms with van der Waals surface area (Å²) in [5.74, 6) is 0.869. The van der Waals surface area contributed by atoms with E-state index in [2.05, 4.69) is 21.8 Å². The largest absolute Gasteiger partial charge is 0.353 e. The molecule has 1 aliphatic carbocycles. The minimum absolute atomic E-state index is 0.0223. The van der Waals surface area contributed by atoms with Gasteiger partial charge in [0.2, 0.25) is 15.9 Å². The standard InChI is InChI=1S/C25H29N5O4S/c1-3-23(31)27-24-20-15-30(16-21(20)24)35(33,34)19-9-7-18(8-10-19)25(32)29-13-11-28(12-14-29)22-6-4-5-17(2)26-22/h3-10,20-21,24H,1,11-16H2,2H3,(H,27,31). The van der Waals surface area contributed by atoms with Gasteiger partial charge in [-0.25, -0.2) is 13.4 Å². The fraction of sp³-hybridized carbons (Fsp3) is 0.400. The monoisotopic (exact) mass is 495 g/mol. The molecule has 1 aromatic heterocycles. The van der Waals surface area contributed by atoms with E-state index in [4.69, 9.17) is 0 Å². The smallest absolute Gasteiger partial charge is 0.253 e. The minimum Gasteiger partial charge on any atom is -0.353 e. The van der Waals surface area contributed by atoms with Crippen molar-refractivity contribution in [1.29, 1.82) is 0 Å². The number of amides is 2. The number of anilines is 1. The topological polar surface area (TPSA) is 103 Å². The molecule has 2 unspecified atom stereocenters. The summed E-state index contributed by atoms with van der Waals surface area (Å²) in [4.78, 5) is 33.2. The van der Waals surface area contributed by atoms with Crippen LogP contribution in [-0.4, -0.2) is 79.7 Å². The van der Waals surface area contributed by atoms with E-state index in [9.17, 15) is 18.0 Å². The number of benzene rings is 1. The fourth-order valence-corrected chi connectivity index (χ4v) is 6.58. The number of hydrogen-bond acceptors (Lipinski definition) is 6. The first-order valence-electron chi connectivity index (χ1n) is 11.8. The molecule has 2 aliphatic heterocycles. The van der Waals surface area contributed by atoms with Crippen LogP contribution in [0.15, 0.2) is 60.0 Å². The van der Waals surface area contributed by atoms with Crippen molar-refractivity contribution >= 4 is 27.7 Å². The molecule has 184 valence electrons. The molecular formula is C25H29N5O4S. The van der Waals surface area contributed by atoms with Crippen LogP contribution in [0.5, 0.6) is 0 Å². The van der Waals surface area contributed by atoms with Crippen molar-refractivity contribution in [2.45, 2.75) is 17.9 Å². The first-order valence-corrected chi connectivity index (χ1v) is 13.2. The number of piperazine rings is 1. The second-order valence-electron chi connectivity index (χ2n) is 9.33. The van der Waals surface area contributed by atoms with Crippen LogP contribution >= 0.6 is 0 Å². The molecule has 0 spiro atoms. The molecule has 35 heavy (non-hydrogen) atoms. The quantitative estimate of drug-likeness (QED) is 0.606. The van der Waals surface area contributed by atoms with Gasteiger partial charge < -0.3 is 15.1 Å². The molecule has 3 heterocycles. The Morgan fingerprint density at radius 2 is 1.69 bits per heavy atom. The highest BCUT2D eigenvalue weighted by atomic mass is 32.2. The maximum atomic E-state index is 13.1. The van der Waals surface area contributed by atoms with Gasteiger partial charge in [0.25, 0.3) is 5.91 Å². The molecule has 1 saturated carbocycles. The van der Waals surface area contributed by atoms with E-state index in [0.29, 0.717) is 44.8 Å². The molecule has 2 aromatic rings. The van der Waals surface area contributed by atoms with Crippen molar-refractivity contribution in [3.8, 4) is 0 Å². The zero-order valence-corrected chi connectivity index (χ0v) is 20.4. The zero-order valence-electron chi connectivity index (χ0n) is 19.6. The summed E-state index contributed by atoms with van der Waals surface area (Å²) in [7, 11) is -3.65. The normalized spacial score (nSPS) is 24.1. The fourth-order valence-electron chi connectivity index (χ4n) is 5.07. The lowest BCUT2D eigenvalue weighted by atomic mass is 10.2. The summed E-state index contributed by atoms with van der Waals surface area (Å²) in [6.07, 6.45) is 1.23. The molecule has 1 aromatic carbocycles. The van der Waals surface area contributed by atoms with Gasteiger partial charge in [-0.3, -0.25) is 9.59 Å². The number of aryl methyl sites for hydroxylation is 1. The van der Waals surface area contributed by atoms with E-state index in [-0.39, 0.29) is 34.6 Å². The lowest BCUT2D eigenvalue weighted by molar-refractivity contribution is -0.116. The van der Waals surface area contributed by atoms with E-state index in [1.54, 1.807) is 17.0 Å². The van der Waals surface area contributed by atoms with Crippen LogP contribution in [0, 0.1) is 18.8 Å². The van der Waals surface area contributed by atoms with Crippen LogP contribution in [0.25, 0.3) is 0 Å². The Morgan fingerprint density at radius 3 is 2.29 bits per heavy atom. The number of nitrogens with one attached hydrogen (secondary N) is 1. The molecule has 2 amide bonds. The molecule has 3 aliphatic rings. The van der Waals surface area contributed by atoms with Crippen molar-refractivity contribution < 1.29 is 18.0 Å². The number of nitrogens with zero attached hydrogens (tertiary/aromatic N) is 4. The summed E-state index contributed by atoms with van der Waals surface area (Å²) in [5, 5.41) is 2.86. The highest BCUT2D eigenvalue weighted by Crippen LogP contribution is 2.47. The lowest BCUT2D eigenvalue weighted by Crippen LogP contribution is -2.49. The van der Waals surface area contributed by atoms with Gasteiger partial charge >= 0.3 is 0 Å². The van der Waals surface area contributed by atoms with E-state index >= 15 is 0 Å². The number of carbonyl (C=O) groups is 2. The first-order chi connectivity index (χ1) is 16.8. The molecular weight excluding hydrogens is 466 g/mol. The summed E-state index contributed by atoms with van der Waals surface area (Å²) in [6.45, 7) is 8.72. The number of carbonyl (C=O) groups excluding carboxylic acids is 2. The third-order valence-electron chi connectivity index (χ3n) is 7.16. The molecule has 2 saturated heterocycles. The van der Waals surface area contributed by atoms with E-state index < -0.39 is 10.0 Å². The summed E-state index contributed by atoms with van der Waals surface area (Å²) >= 11 is 0. The predicted molar refractivity (Wildman–Crippen MR) is 131 cm³/mol. The molecule has 9 nitrogen and oxygen atoms in total. The average molecular weight is 496 g/mol. The van der Waals surface area contributed by atoms with Crippen LogP contribution < -0.4 is 10.2 Å². The van der Waals surface area contributed by atoms with E-state index in [1.807, 2.05) is 25.1 Å². The Morgan fingerprint density at radius 1 is 1.03 bits per heavy atom. The van der Waals surface area contributed by atoms with Crippen LogP contribution in [0.3, 0.4) is 0 Å². The van der Waals surface area contributed by atoms with Gasteiger partial charge in [0.1, 0.15) is 5.82 Å². The van der Waals surface area contributed by atoms with Gasteiger partial charge in [-0.15, -0.1) is 0 Å². The maximum Gasteiger partial charge on any atom is 0.253 e. The maximum absolute atomic E-state index is 13.1. The van der Waals surface area contributed by atoms with E-state index in [1.165, 1.54) is 22.5 Å². The van der Waals surface area contributed by atoms with Crippen molar-refractivity contribution in [2.75, 3.05) is 44.2 Å². The number of rotatable bonds is 6. The number of fused-ring (bicyclic) bond motifs is 1. The van der Waals surface area contributed by atoms with Crippen LogP contribution in [0.1, 0.15) is 16.1 Å². The third kappa shape index (κ3) is 4.55. The molecule has 3 fully saturated rings. The van der Waals surface area contributed by atoms with E-state index in [0.717, 1.165) is 11.5 Å². The average Bonchev–Trinajstić information content (AvgIpc) is 3.29. The van der Waals surface area contributed by atoms with Gasteiger partial charge in [-0.1, -0.05) is 12.6 Å². The van der Waals surface area contributed by atoms with Crippen molar-refractivity contribution in [3.05, 3.63) is 66.4 Å². The second-order valence-corrected chi connectivity index (χ2v) is 11.3. The molecule has 2 atom stereocenters. The predicted octanol–water partition coefficient (Wildman–Crippen LogP) is 1.27. The van der Waals surface area contributed by atoms with Crippen molar-refractivity contribution in [1.82, 2.24) is 19.5 Å². The zero-order chi connectivity index (χ0) is 24.7. The SMILES string of the molecule is C=CC(=O)NC1C2CN(S(=O)(=O)c3ccc(C(=O)N4CCN(c5cccc(C)n5)CC4)cc3)CC21. The number of sulfonamides is 1. The minimum atomic E-state index is -3.65. The highest BCUT2D eigenvalue weighted by molar-refractivity contribution is 7.89. The first kappa shape index (κ1) is 23.5. The molecule has 0 bridgehead atoms. The highest BCUT2D eigenvalue weighted by Gasteiger charge is 2.58. The van der Waals surface area contributed by atoms with Gasteiger partial charge in [-0.05, 0) is 61.2 Å². The number of hydrogen-bond donors (Lipinski definition) is 1. The molecule has 10 heteroatoms. The third-order valence-corrected chi connectivity index (χ3v) is 9.00. The molecule has 0 radical (unpaired) electrons. The Kier molecular flexibility index (Phi) is 6.10. The summed E-state index contributed by atoms with van der Waals surface area (Å²) < 4.78 is 27.6. The van der Waals surface area contributed by atoms with Crippen LogP contribution in [0.2, 0.25) is 0 Å². The lowest BCUT2D eigenvalue weighted by Gasteiger charge is -2.35. The van der Waals surface area contributed by atoms with Gasteiger partial charge in [0, 0.05) is 56.6 Å². The van der Waals surface area contributed by atoms with Gasteiger partial charge in [0.05, 0.1) is 4.90 Å². The second kappa shape index (κ2) is 9.09. The molecule has 1 N–H and O–H groups in total. The van der Waals surface area contributed by atoms with Crippen molar-refractivity contribution in [3.63, 3.8) is 0 Å². The Labute approximate surface area is 205 Å². The molecule has 5 rings (SSSR count). The number of piperidine rings is 1. The Bertz CT molecular complexity index is 1240. The summed E-state index contributed by atoms with van der Waals surface area (Å²) in [6, 6.07) is 12.1. The Balaban J connectivity index is 1.17. The summed E-state index contributed by atoms with van der Waals surface area (Å²) in [5.41, 5.74) is 1.43. The number of aromatic nitrogens is 1. The van der Waals surface area contributed by atoms with Gasteiger partial charge in [0.15, 0.2) is 0 Å². The van der Waals surface area contributed by atoms with Crippen molar-refractivity contribution in [2.24, 2.45) is 11.8 Å². The van der Waals surface area contributed by atoms with Crippen LogP contribution in [0.4, 0.5) is 5.82 Å². The Hall–Kier alpha value is -3.24. The van der Waals surface area contributed by atoms with Gasteiger partial charge in [-0.2, -0.15) is 4.31 Å². The number of pyridine rings is 1. The van der Waals surface area contributed by atoms with Crippen LogP contribution in [-0.2, 0) is 14.8 Å².